The predicted octanol–water partition coefficient (Wildman–Crippen LogP) is 14.7. The van der Waals surface area contributed by atoms with Crippen molar-refractivity contribution in [3.8, 4) is 50.6 Å². The Morgan fingerprint density at radius 1 is 0.250 bits per heavy atom. The minimum atomic E-state index is 0. The van der Waals surface area contributed by atoms with E-state index >= 15 is 0 Å². The van der Waals surface area contributed by atoms with Gasteiger partial charge in [0.1, 0.15) is 0 Å². The number of benzene rings is 6. The van der Waals surface area contributed by atoms with Crippen molar-refractivity contribution in [3.05, 3.63) is 161 Å². The first-order valence-electron chi connectivity index (χ1n) is 22.5. The van der Waals surface area contributed by atoms with Crippen molar-refractivity contribution in [2.24, 2.45) is 0 Å². The zero-order valence-corrected chi connectivity index (χ0v) is 43.6. The Bertz CT molecular complexity index is 2110. The van der Waals surface area contributed by atoms with Gasteiger partial charge in [-0.3, -0.25) is 0 Å². The second-order valence-corrected chi connectivity index (χ2v) is 23.4. The second kappa shape index (κ2) is 20.2. The van der Waals surface area contributed by atoms with Crippen LogP contribution in [0.3, 0.4) is 0 Å². The van der Waals surface area contributed by atoms with E-state index in [-0.39, 0.29) is 67.1 Å². The van der Waals surface area contributed by atoms with Crippen molar-refractivity contribution in [1.29, 1.82) is 0 Å². The average Bonchev–Trinajstić information content (AvgIpc) is 3.16. The van der Waals surface area contributed by atoms with E-state index in [1.165, 1.54) is 33.4 Å². The Morgan fingerprint density at radius 2 is 0.406 bits per heavy atom. The SMILES string of the molecule is CC(C)(C)c1cc(-c2ccccc2[O-])cc(C(C)(C)C)c1.CC(C)(C)c1cc(-c2ccccc2[O-])cc(C(C)(C)C)c1.CC(C)(C)c1cc(-c2ccccc2[O-])cc(C(C)(C)C)c1.[Al+3]. The summed E-state index contributed by atoms with van der Waals surface area (Å²) in [7, 11) is 0. The monoisotopic (exact) mass is 871 g/mol. The van der Waals surface area contributed by atoms with E-state index in [2.05, 4.69) is 179 Å². The van der Waals surface area contributed by atoms with Crippen LogP contribution in [0, 0.1) is 0 Å². The molecule has 0 aromatic heterocycles. The minimum Gasteiger partial charge on any atom is -0.872 e. The molecule has 336 valence electrons. The molecule has 0 saturated carbocycles. The van der Waals surface area contributed by atoms with E-state index in [0.29, 0.717) is 0 Å². The second-order valence-electron chi connectivity index (χ2n) is 23.4. The fraction of sp³-hybridized carbons (Fsp3) is 0.400. The molecule has 0 radical (unpaired) electrons. The van der Waals surface area contributed by atoms with Crippen LogP contribution in [0.25, 0.3) is 33.4 Å². The maximum absolute atomic E-state index is 12.1. The van der Waals surface area contributed by atoms with E-state index in [9.17, 15) is 15.3 Å². The zero-order chi connectivity index (χ0) is 47.5. The van der Waals surface area contributed by atoms with Gasteiger partial charge in [-0.1, -0.05) is 252 Å². The Labute approximate surface area is 399 Å². The molecule has 0 aliphatic rings. The van der Waals surface area contributed by atoms with Gasteiger partial charge in [-0.15, -0.1) is 17.2 Å². The Hall–Kier alpha value is -4.75. The van der Waals surface area contributed by atoms with Crippen LogP contribution in [0.2, 0.25) is 0 Å². The first kappa shape index (κ1) is 53.6. The molecule has 6 aromatic rings. The third kappa shape index (κ3) is 14.4. The molecule has 0 fully saturated rings. The van der Waals surface area contributed by atoms with Gasteiger partial charge in [0.2, 0.25) is 0 Å². The van der Waals surface area contributed by atoms with Crippen LogP contribution in [0.4, 0.5) is 0 Å². The maximum Gasteiger partial charge on any atom is 3.00 e. The van der Waals surface area contributed by atoms with E-state index in [1.54, 1.807) is 36.4 Å². The topological polar surface area (TPSA) is 69.2 Å². The molecular formula is C60H75AlO3. The Balaban J connectivity index is 0.000000253. The smallest absolute Gasteiger partial charge is 0.872 e. The van der Waals surface area contributed by atoms with Crippen molar-refractivity contribution >= 4 is 17.4 Å². The van der Waals surface area contributed by atoms with Crippen LogP contribution >= 0.6 is 0 Å². The van der Waals surface area contributed by atoms with Crippen LogP contribution < -0.4 is 15.3 Å². The summed E-state index contributed by atoms with van der Waals surface area (Å²) in [6, 6.07) is 41.6. The number of hydrogen-bond acceptors (Lipinski definition) is 3. The van der Waals surface area contributed by atoms with Crippen LogP contribution in [0.5, 0.6) is 17.2 Å². The Morgan fingerprint density at radius 3 is 0.547 bits per heavy atom. The van der Waals surface area contributed by atoms with Gasteiger partial charge in [0, 0.05) is 0 Å². The molecule has 0 saturated heterocycles. The Kier molecular flexibility index (Phi) is 16.9. The molecule has 6 aromatic carbocycles. The van der Waals surface area contributed by atoms with Crippen molar-refractivity contribution in [2.75, 3.05) is 0 Å². The molecule has 0 N–H and O–H groups in total. The summed E-state index contributed by atoms with van der Waals surface area (Å²) < 4.78 is 0. The number of para-hydroxylation sites is 3. The summed E-state index contributed by atoms with van der Waals surface area (Å²) in [6.45, 7) is 39.8. The van der Waals surface area contributed by atoms with Crippen molar-refractivity contribution < 1.29 is 15.3 Å². The van der Waals surface area contributed by atoms with E-state index in [1.807, 2.05) is 36.4 Å². The molecule has 0 aliphatic heterocycles. The normalized spacial score (nSPS) is 12.3. The first-order valence-corrected chi connectivity index (χ1v) is 22.5. The molecular weight excluding hydrogens is 796 g/mol. The fourth-order valence-corrected chi connectivity index (χ4v) is 7.06. The molecule has 3 nitrogen and oxygen atoms in total. The van der Waals surface area contributed by atoms with E-state index in [4.69, 9.17) is 0 Å². The number of rotatable bonds is 3. The van der Waals surface area contributed by atoms with Gasteiger partial charge in [0.05, 0.1) is 0 Å². The average molecular weight is 871 g/mol. The molecule has 0 bridgehead atoms. The molecule has 0 heterocycles. The van der Waals surface area contributed by atoms with Gasteiger partial charge < -0.3 is 15.3 Å². The molecule has 6 rings (SSSR count). The van der Waals surface area contributed by atoms with Gasteiger partial charge in [0.25, 0.3) is 0 Å². The van der Waals surface area contributed by atoms with Gasteiger partial charge >= 0.3 is 17.4 Å². The molecule has 0 atom stereocenters. The van der Waals surface area contributed by atoms with Crippen LogP contribution in [-0.4, -0.2) is 17.4 Å². The van der Waals surface area contributed by atoms with Gasteiger partial charge in [0.15, 0.2) is 0 Å². The maximum atomic E-state index is 12.1. The molecule has 0 amide bonds. The van der Waals surface area contributed by atoms with E-state index in [0.717, 1.165) is 33.4 Å². The molecule has 0 aliphatic carbocycles. The summed E-state index contributed by atoms with van der Waals surface area (Å²) >= 11 is 0. The zero-order valence-electron chi connectivity index (χ0n) is 42.4. The number of hydrogen-bond donors (Lipinski definition) is 0. The quantitative estimate of drug-likeness (QED) is 0.166. The van der Waals surface area contributed by atoms with Crippen molar-refractivity contribution in [3.63, 3.8) is 0 Å². The van der Waals surface area contributed by atoms with Crippen molar-refractivity contribution in [2.45, 2.75) is 157 Å². The van der Waals surface area contributed by atoms with Crippen LogP contribution in [0.15, 0.2) is 127 Å². The largest absolute Gasteiger partial charge is 3.00 e. The van der Waals surface area contributed by atoms with Crippen LogP contribution in [0.1, 0.15) is 158 Å². The summed E-state index contributed by atoms with van der Waals surface area (Å²) in [4.78, 5) is 0. The fourth-order valence-electron chi connectivity index (χ4n) is 7.06. The van der Waals surface area contributed by atoms with Gasteiger partial charge in [-0.05, 0) is 99.3 Å². The summed E-state index contributed by atoms with van der Waals surface area (Å²) in [5.41, 5.74) is 13.4. The van der Waals surface area contributed by atoms with Crippen LogP contribution in [-0.2, 0) is 32.5 Å². The summed E-state index contributed by atoms with van der Waals surface area (Å²) in [5, 5.41) is 36.4. The summed E-state index contributed by atoms with van der Waals surface area (Å²) in [5.74, 6) is 0.259. The molecule has 0 spiro atoms. The minimum absolute atomic E-state index is 0. The first-order chi connectivity index (χ1) is 28.8. The third-order valence-corrected chi connectivity index (χ3v) is 11.6. The molecule has 0 unspecified atom stereocenters. The van der Waals surface area contributed by atoms with Gasteiger partial charge in [-0.2, -0.15) is 0 Å². The summed E-state index contributed by atoms with van der Waals surface area (Å²) in [6.07, 6.45) is 0. The predicted molar refractivity (Wildman–Crippen MR) is 272 cm³/mol. The third-order valence-electron chi connectivity index (χ3n) is 11.6. The molecule has 64 heavy (non-hydrogen) atoms. The van der Waals surface area contributed by atoms with E-state index < -0.39 is 0 Å². The standard InChI is InChI=1S/3C20H26O.Al/c3*1-19(2,3)15-11-14(12-16(13-15)20(4,5)6)17-9-7-8-10-18(17)21;/h3*7-13,21H,1-6H3;/q;;;+3/p-3. The molecule has 4 heteroatoms. The van der Waals surface area contributed by atoms with Gasteiger partial charge in [-0.25, -0.2) is 0 Å². The van der Waals surface area contributed by atoms with Crippen molar-refractivity contribution in [1.82, 2.24) is 0 Å².